The van der Waals surface area contributed by atoms with Crippen molar-refractivity contribution in [2.75, 3.05) is 0 Å². The van der Waals surface area contributed by atoms with E-state index >= 15 is 0 Å². The van der Waals surface area contributed by atoms with Crippen LogP contribution in [0.5, 0.6) is 5.75 Å². The smallest absolute Gasteiger partial charge is 0.311 e. The van der Waals surface area contributed by atoms with Gasteiger partial charge in [0.2, 0.25) is 11.5 Å². The molecule has 23 heavy (non-hydrogen) atoms. The number of carbonyl (C=O) groups is 1. The molecule has 0 aromatic heterocycles. The van der Waals surface area contributed by atoms with Gasteiger partial charge in [-0.05, 0) is 25.0 Å². The van der Waals surface area contributed by atoms with Gasteiger partial charge in [0.25, 0.3) is 0 Å². The minimum absolute atomic E-state index is 0.263. The third-order valence-corrected chi connectivity index (χ3v) is 3.44. The zero-order valence-electron chi connectivity index (χ0n) is 12.8. The Bertz CT molecular complexity index is 728. The molecule has 0 bridgehead atoms. The number of rotatable bonds is 6. The van der Waals surface area contributed by atoms with E-state index in [0.717, 1.165) is 30.2 Å². The summed E-state index contributed by atoms with van der Waals surface area (Å²) >= 11 is 0. The molecule has 2 rings (SSSR count). The number of nitro benzene ring substituents is 1. The Kier molecular flexibility index (Phi) is 5.05. The van der Waals surface area contributed by atoms with Gasteiger partial charge in [-0.15, -0.1) is 0 Å². The first-order chi connectivity index (χ1) is 10.9. The Morgan fingerprint density at radius 2 is 1.91 bits per heavy atom. The van der Waals surface area contributed by atoms with E-state index in [1.54, 1.807) is 12.1 Å². The predicted molar refractivity (Wildman–Crippen MR) is 83.3 cm³/mol. The van der Waals surface area contributed by atoms with Gasteiger partial charge in [-0.25, -0.2) is 4.39 Å². The fourth-order valence-electron chi connectivity index (χ4n) is 2.12. The predicted octanol–water partition coefficient (Wildman–Crippen LogP) is 3.95. The average Bonchev–Trinajstić information content (AvgIpc) is 2.54. The zero-order chi connectivity index (χ0) is 17.0. The highest BCUT2D eigenvalue weighted by Gasteiger charge is 2.22. The maximum absolute atomic E-state index is 13.3. The number of benzene rings is 2. The first-order valence-electron chi connectivity index (χ1n) is 7.16. The molecule has 0 amide bonds. The van der Waals surface area contributed by atoms with Crippen molar-refractivity contribution in [1.82, 2.24) is 0 Å². The molecule has 2 aromatic rings. The number of nitro groups is 1. The van der Waals surface area contributed by atoms with Crippen molar-refractivity contribution in [2.24, 2.45) is 0 Å². The van der Waals surface area contributed by atoms with Gasteiger partial charge in [0.15, 0.2) is 6.10 Å². The van der Waals surface area contributed by atoms with E-state index in [-0.39, 0.29) is 17.2 Å². The van der Waals surface area contributed by atoms with Crippen LogP contribution in [-0.4, -0.2) is 16.8 Å². The molecule has 0 fully saturated rings. The summed E-state index contributed by atoms with van der Waals surface area (Å²) in [6.45, 7) is 3.48. The standard InChI is InChI=1S/C17H16FNO4/c1-3-12-4-6-13(7-5-12)17(20)11(2)23-16-10-14(18)8-9-15(16)19(21)22/h4-11H,3H2,1-2H3. The maximum Gasteiger partial charge on any atom is 0.311 e. The van der Waals surface area contributed by atoms with Gasteiger partial charge in [-0.3, -0.25) is 14.9 Å². The van der Waals surface area contributed by atoms with Gasteiger partial charge < -0.3 is 4.74 Å². The molecule has 0 aliphatic heterocycles. The van der Waals surface area contributed by atoms with Gasteiger partial charge in [0.1, 0.15) is 5.82 Å². The maximum atomic E-state index is 13.3. The normalized spacial score (nSPS) is 11.8. The molecule has 0 saturated heterocycles. The first kappa shape index (κ1) is 16.6. The molecule has 0 aliphatic carbocycles. The van der Waals surface area contributed by atoms with Crippen LogP contribution in [0, 0.1) is 15.9 Å². The lowest BCUT2D eigenvalue weighted by Gasteiger charge is -2.14. The van der Waals surface area contributed by atoms with Crippen LogP contribution in [0.15, 0.2) is 42.5 Å². The summed E-state index contributed by atoms with van der Waals surface area (Å²) in [5.74, 6) is -1.26. The number of nitrogens with zero attached hydrogens (tertiary/aromatic N) is 1. The summed E-state index contributed by atoms with van der Waals surface area (Å²) in [4.78, 5) is 22.6. The van der Waals surface area contributed by atoms with Crippen LogP contribution in [0.3, 0.4) is 0 Å². The van der Waals surface area contributed by atoms with E-state index in [4.69, 9.17) is 4.74 Å². The second-order valence-corrected chi connectivity index (χ2v) is 5.04. The first-order valence-corrected chi connectivity index (χ1v) is 7.16. The molecule has 0 radical (unpaired) electrons. The Labute approximate surface area is 132 Å². The molecule has 2 aromatic carbocycles. The number of ether oxygens (including phenoxy) is 1. The third-order valence-electron chi connectivity index (χ3n) is 3.44. The number of carbonyl (C=O) groups excluding carboxylic acids is 1. The van der Waals surface area contributed by atoms with Crippen molar-refractivity contribution >= 4 is 11.5 Å². The molecule has 5 nitrogen and oxygen atoms in total. The zero-order valence-corrected chi connectivity index (χ0v) is 12.8. The lowest BCUT2D eigenvalue weighted by Crippen LogP contribution is -2.24. The summed E-state index contributed by atoms with van der Waals surface area (Å²) in [6, 6.07) is 9.93. The van der Waals surface area contributed by atoms with Crippen molar-refractivity contribution in [3.63, 3.8) is 0 Å². The summed E-state index contributed by atoms with van der Waals surface area (Å²) in [5, 5.41) is 10.9. The molecule has 1 unspecified atom stereocenters. The molecular weight excluding hydrogens is 301 g/mol. The van der Waals surface area contributed by atoms with E-state index in [1.807, 2.05) is 19.1 Å². The number of aryl methyl sites for hydroxylation is 1. The molecule has 1 atom stereocenters. The van der Waals surface area contributed by atoms with Crippen molar-refractivity contribution in [2.45, 2.75) is 26.4 Å². The molecule has 0 N–H and O–H groups in total. The van der Waals surface area contributed by atoms with E-state index < -0.39 is 16.8 Å². The fourth-order valence-corrected chi connectivity index (χ4v) is 2.12. The lowest BCUT2D eigenvalue weighted by molar-refractivity contribution is -0.386. The van der Waals surface area contributed by atoms with Crippen LogP contribution in [0.2, 0.25) is 0 Å². The van der Waals surface area contributed by atoms with Gasteiger partial charge in [0, 0.05) is 17.7 Å². The number of hydrogen-bond acceptors (Lipinski definition) is 4. The van der Waals surface area contributed by atoms with Gasteiger partial charge in [-0.1, -0.05) is 31.2 Å². The van der Waals surface area contributed by atoms with Crippen LogP contribution in [0.4, 0.5) is 10.1 Å². The number of halogens is 1. The van der Waals surface area contributed by atoms with Crippen LogP contribution in [0.1, 0.15) is 29.8 Å². The topological polar surface area (TPSA) is 69.4 Å². The minimum atomic E-state index is -0.969. The summed E-state index contributed by atoms with van der Waals surface area (Å²) in [6.07, 6.45) is -0.112. The van der Waals surface area contributed by atoms with E-state index in [1.165, 1.54) is 6.92 Å². The van der Waals surface area contributed by atoms with Crippen molar-refractivity contribution in [1.29, 1.82) is 0 Å². The Morgan fingerprint density at radius 3 is 2.48 bits per heavy atom. The molecule has 6 heteroatoms. The van der Waals surface area contributed by atoms with E-state index in [2.05, 4.69) is 0 Å². The fraction of sp³-hybridized carbons (Fsp3) is 0.235. The van der Waals surface area contributed by atoms with Gasteiger partial charge >= 0.3 is 5.69 Å². The highest BCUT2D eigenvalue weighted by molar-refractivity contribution is 5.99. The molecule has 0 saturated carbocycles. The molecule has 120 valence electrons. The van der Waals surface area contributed by atoms with Gasteiger partial charge in [-0.2, -0.15) is 0 Å². The second-order valence-electron chi connectivity index (χ2n) is 5.04. The molecule has 0 heterocycles. The average molecular weight is 317 g/mol. The van der Waals surface area contributed by atoms with E-state index in [0.29, 0.717) is 5.56 Å². The van der Waals surface area contributed by atoms with Crippen LogP contribution >= 0.6 is 0 Å². The summed E-state index contributed by atoms with van der Waals surface area (Å²) in [7, 11) is 0. The largest absolute Gasteiger partial charge is 0.475 e. The van der Waals surface area contributed by atoms with Crippen LogP contribution in [-0.2, 0) is 6.42 Å². The van der Waals surface area contributed by atoms with E-state index in [9.17, 15) is 19.3 Å². The van der Waals surface area contributed by atoms with Crippen LogP contribution in [0.25, 0.3) is 0 Å². The molecule has 0 spiro atoms. The number of Topliss-reactive ketones (excluding diaryl/α,β-unsaturated/α-hetero) is 1. The number of ketones is 1. The third kappa shape index (κ3) is 3.91. The monoisotopic (exact) mass is 317 g/mol. The molecule has 0 aliphatic rings. The summed E-state index contributed by atoms with van der Waals surface area (Å²) < 4.78 is 18.6. The second kappa shape index (κ2) is 7.00. The lowest BCUT2D eigenvalue weighted by atomic mass is 10.0. The molecular formula is C17H16FNO4. The Balaban J connectivity index is 2.20. The van der Waals surface area contributed by atoms with Crippen molar-refractivity contribution in [3.8, 4) is 5.75 Å². The number of hydrogen-bond donors (Lipinski definition) is 0. The Hall–Kier alpha value is -2.76. The Morgan fingerprint density at radius 1 is 1.26 bits per heavy atom. The van der Waals surface area contributed by atoms with Gasteiger partial charge in [0.05, 0.1) is 4.92 Å². The quantitative estimate of drug-likeness (QED) is 0.459. The highest BCUT2D eigenvalue weighted by atomic mass is 19.1. The van der Waals surface area contributed by atoms with Crippen molar-refractivity contribution < 1.29 is 18.8 Å². The van der Waals surface area contributed by atoms with Crippen molar-refractivity contribution in [3.05, 3.63) is 69.5 Å². The highest BCUT2D eigenvalue weighted by Crippen LogP contribution is 2.28. The summed E-state index contributed by atoms with van der Waals surface area (Å²) in [5.41, 5.74) is 1.15. The minimum Gasteiger partial charge on any atom is -0.475 e. The van der Waals surface area contributed by atoms with Crippen LogP contribution < -0.4 is 4.74 Å². The SMILES string of the molecule is CCc1ccc(C(=O)C(C)Oc2cc(F)ccc2[N+](=O)[O-])cc1.